The van der Waals surface area contributed by atoms with Crippen LogP contribution in [0, 0.1) is 5.82 Å². The van der Waals surface area contributed by atoms with E-state index in [1.807, 2.05) is 0 Å². The summed E-state index contributed by atoms with van der Waals surface area (Å²) in [5.74, 6) is -1.49. The van der Waals surface area contributed by atoms with Crippen LogP contribution in [0.5, 0.6) is 5.75 Å². The van der Waals surface area contributed by atoms with Crippen molar-refractivity contribution in [1.29, 1.82) is 0 Å². The van der Waals surface area contributed by atoms with Crippen molar-refractivity contribution in [3.05, 3.63) is 65.5 Å². The van der Waals surface area contributed by atoms with Gasteiger partial charge in [-0.25, -0.2) is 9.18 Å². The molecule has 0 amide bonds. The van der Waals surface area contributed by atoms with Crippen molar-refractivity contribution in [3.8, 4) is 5.75 Å². The predicted octanol–water partition coefficient (Wildman–Crippen LogP) is 3.16. The van der Waals surface area contributed by atoms with Crippen LogP contribution in [0.25, 0.3) is 11.6 Å². The summed E-state index contributed by atoms with van der Waals surface area (Å²) in [5.41, 5.74) is 0.990. The van der Waals surface area contributed by atoms with Crippen molar-refractivity contribution in [1.82, 2.24) is 0 Å². The van der Waals surface area contributed by atoms with Crippen LogP contribution in [0.2, 0.25) is 0 Å². The minimum absolute atomic E-state index is 0.0330. The van der Waals surface area contributed by atoms with Gasteiger partial charge in [0.25, 0.3) is 0 Å². The second kappa shape index (κ2) is 5.35. The van der Waals surface area contributed by atoms with Gasteiger partial charge in [-0.2, -0.15) is 0 Å². The molecule has 0 saturated heterocycles. The second-order valence-electron chi connectivity index (χ2n) is 3.97. The molecule has 2 aromatic carbocycles. The SMILES string of the molecule is O=C(O)/C(=C\c1cccc(O)c1)c1ccc(F)cc1. The first kappa shape index (κ1) is 12.8. The summed E-state index contributed by atoms with van der Waals surface area (Å²) in [6.07, 6.45) is 1.43. The third kappa shape index (κ3) is 3.19. The highest BCUT2D eigenvalue weighted by Gasteiger charge is 2.10. The van der Waals surface area contributed by atoms with Gasteiger partial charge in [0.05, 0.1) is 5.57 Å². The third-order valence-corrected chi connectivity index (χ3v) is 2.57. The zero-order valence-corrected chi connectivity index (χ0v) is 9.88. The molecule has 0 unspecified atom stereocenters. The van der Waals surface area contributed by atoms with Crippen LogP contribution in [-0.4, -0.2) is 16.2 Å². The third-order valence-electron chi connectivity index (χ3n) is 2.57. The summed E-state index contributed by atoms with van der Waals surface area (Å²) >= 11 is 0. The first-order chi connectivity index (χ1) is 9.06. The number of carboxylic acid groups (broad SMARTS) is 1. The number of aliphatic carboxylic acids is 1. The minimum Gasteiger partial charge on any atom is -0.508 e. The number of hydrogen-bond acceptors (Lipinski definition) is 2. The maximum Gasteiger partial charge on any atom is 0.336 e. The number of halogens is 1. The number of hydrogen-bond donors (Lipinski definition) is 2. The number of phenols is 1. The monoisotopic (exact) mass is 258 g/mol. The summed E-state index contributed by atoms with van der Waals surface area (Å²) in [7, 11) is 0. The standard InChI is InChI=1S/C15H11FO3/c16-12-6-4-11(5-7-12)14(15(18)19)9-10-2-1-3-13(17)8-10/h1-9,17H,(H,18,19)/b14-9-. The zero-order valence-electron chi connectivity index (χ0n) is 9.88. The molecule has 4 heteroatoms. The minimum atomic E-state index is -1.12. The lowest BCUT2D eigenvalue weighted by atomic mass is 10.0. The van der Waals surface area contributed by atoms with Crippen molar-refractivity contribution in [3.63, 3.8) is 0 Å². The van der Waals surface area contributed by atoms with E-state index in [9.17, 15) is 19.4 Å². The van der Waals surface area contributed by atoms with E-state index in [0.29, 0.717) is 11.1 Å². The molecule has 0 bridgehead atoms. The van der Waals surface area contributed by atoms with E-state index in [1.54, 1.807) is 12.1 Å². The van der Waals surface area contributed by atoms with Crippen molar-refractivity contribution in [2.75, 3.05) is 0 Å². The number of aromatic hydroxyl groups is 1. The summed E-state index contributed by atoms with van der Waals surface area (Å²) in [4.78, 5) is 11.2. The quantitative estimate of drug-likeness (QED) is 0.656. The van der Waals surface area contributed by atoms with Crippen molar-refractivity contribution >= 4 is 17.6 Å². The highest BCUT2D eigenvalue weighted by molar-refractivity contribution is 6.20. The van der Waals surface area contributed by atoms with Gasteiger partial charge in [-0.05, 0) is 41.5 Å². The van der Waals surface area contributed by atoms with E-state index in [2.05, 4.69) is 0 Å². The van der Waals surface area contributed by atoms with Crippen LogP contribution >= 0.6 is 0 Å². The summed E-state index contributed by atoms with van der Waals surface area (Å²) in [6, 6.07) is 11.4. The molecule has 0 heterocycles. The Morgan fingerprint density at radius 3 is 2.37 bits per heavy atom. The van der Waals surface area contributed by atoms with Crippen molar-refractivity contribution in [2.45, 2.75) is 0 Å². The Morgan fingerprint density at radius 1 is 1.11 bits per heavy atom. The lowest BCUT2D eigenvalue weighted by molar-refractivity contribution is -0.130. The molecule has 0 fully saturated rings. The maximum absolute atomic E-state index is 12.8. The Bertz CT molecular complexity index is 630. The average Bonchev–Trinajstić information content (AvgIpc) is 2.37. The Labute approximate surface area is 109 Å². The van der Waals surface area contributed by atoms with Gasteiger partial charge in [0.15, 0.2) is 0 Å². The molecule has 0 aliphatic carbocycles. The average molecular weight is 258 g/mol. The van der Waals surface area contributed by atoms with E-state index in [4.69, 9.17) is 0 Å². The van der Waals surface area contributed by atoms with Gasteiger partial charge >= 0.3 is 5.97 Å². The first-order valence-corrected chi connectivity index (χ1v) is 5.56. The van der Waals surface area contributed by atoms with Crippen LogP contribution in [0.15, 0.2) is 48.5 Å². The van der Waals surface area contributed by atoms with E-state index in [0.717, 1.165) is 0 Å². The first-order valence-electron chi connectivity index (χ1n) is 5.56. The van der Waals surface area contributed by atoms with Gasteiger partial charge in [-0.1, -0.05) is 24.3 Å². The number of phenolic OH excluding ortho intramolecular Hbond substituents is 1. The molecule has 0 aliphatic rings. The zero-order chi connectivity index (χ0) is 13.8. The van der Waals surface area contributed by atoms with Crippen LogP contribution in [0.3, 0.4) is 0 Å². The molecule has 2 N–H and O–H groups in total. The Kier molecular flexibility index (Phi) is 3.61. The van der Waals surface area contributed by atoms with Gasteiger partial charge in [0.1, 0.15) is 11.6 Å². The molecule has 3 nitrogen and oxygen atoms in total. The number of rotatable bonds is 3. The lowest BCUT2D eigenvalue weighted by Crippen LogP contribution is -1.99. The number of carboxylic acids is 1. The van der Waals surface area contributed by atoms with E-state index >= 15 is 0 Å². The van der Waals surface area contributed by atoms with E-state index < -0.39 is 11.8 Å². The molecule has 0 saturated carbocycles. The Hall–Kier alpha value is -2.62. The van der Waals surface area contributed by atoms with Crippen LogP contribution in [-0.2, 0) is 4.79 Å². The second-order valence-corrected chi connectivity index (χ2v) is 3.97. The molecule has 19 heavy (non-hydrogen) atoms. The fourth-order valence-electron chi connectivity index (χ4n) is 1.68. The van der Waals surface area contributed by atoms with Crippen molar-refractivity contribution in [2.24, 2.45) is 0 Å². The summed E-state index contributed by atoms with van der Waals surface area (Å²) in [5, 5.41) is 18.5. The largest absolute Gasteiger partial charge is 0.508 e. The van der Waals surface area contributed by atoms with E-state index in [1.165, 1.54) is 42.5 Å². The molecule has 2 aromatic rings. The molecule has 96 valence electrons. The number of carbonyl (C=O) groups is 1. The van der Waals surface area contributed by atoms with E-state index in [-0.39, 0.29) is 11.3 Å². The van der Waals surface area contributed by atoms with Crippen LogP contribution in [0.4, 0.5) is 4.39 Å². The fourth-order valence-corrected chi connectivity index (χ4v) is 1.68. The molecule has 0 atom stereocenters. The molecule has 0 radical (unpaired) electrons. The molecule has 0 spiro atoms. The molecule has 0 aromatic heterocycles. The number of benzene rings is 2. The highest BCUT2D eigenvalue weighted by atomic mass is 19.1. The van der Waals surface area contributed by atoms with Crippen LogP contribution in [0.1, 0.15) is 11.1 Å². The predicted molar refractivity (Wildman–Crippen MR) is 70.0 cm³/mol. The maximum atomic E-state index is 12.8. The van der Waals surface area contributed by atoms with Gasteiger partial charge < -0.3 is 10.2 Å². The van der Waals surface area contributed by atoms with Crippen molar-refractivity contribution < 1.29 is 19.4 Å². The van der Waals surface area contributed by atoms with Gasteiger partial charge in [-0.3, -0.25) is 0 Å². The summed E-state index contributed by atoms with van der Waals surface area (Å²) in [6.45, 7) is 0. The molecular weight excluding hydrogens is 247 g/mol. The fraction of sp³-hybridized carbons (Fsp3) is 0. The van der Waals surface area contributed by atoms with Gasteiger partial charge in [0, 0.05) is 0 Å². The summed E-state index contributed by atoms with van der Waals surface area (Å²) < 4.78 is 12.8. The van der Waals surface area contributed by atoms with Crippen LogP contribution < -0.4 is 0 Å². The normalized spacial score (nSPS) is 11.3. The van der Waals surface area contributed by atoms with Gasteiger partial charge in [-0.15, -0.1) is 0 Å². The molecule has 2 rings (SSSR count). The molecular formula is C15H11FO3. The lowest BCUT2D eigenvalue weighted by Gasteiger charge is -2.03. The molecule has 0 aliphatic heterocycles. The highest BCUT2D eigenvalue weighted by Crippen LogP contribution is 2.21. The Balaban J connectivity index is 2.46. The van der Waals surface area contributed by atoms with Gasteiger partial charge in [0.2, 0.25) is 0 Å². The topological polar surface area (TPSA) is 57.5 Å². The smallest absolute Gasteiger partial charge is 0.336 e. The Morgan fingerprint density at radius 2 is 1.79 bits per heavy atom.